The van der Waals surface area contributed by atoms with Crippen molar-refractivity contribution in [2.24, 2.45) is 11.5 Å². The lowest BCUT2D eigenvalue weighted by Crippen LogP contribution is -2.37. The van der Waals surface area contributed by atoms with Crippen LogP contribution >= 0.6 is 0 Å². The average Bonchev–Trinajstić information content (AvgIpc) is 1.86. The molecule has 0 radical (unpaired) electrons. The zero-order valence-corrected chi connectivity index (χ0v) is 7.04. The standard InChI is InChI=1S/C7H16N2O2/c1-5(2)11-4-3-6(8)7(9)10/h5-6H,3-4,8H2,1-2H3,(H2,9,10). The highest BCUT2D eigenvalue weighted by Crippen LogP contribution is 1.92. The molecule has 4 N–H and O–H groups in total. The molecule has 11 heavy (non-hydrogen) atoms. The molecule has 0 saturated heterocycles. The summed E-state index contributed by atoms with van der Waals surface area (Å²) in [5.74, 6) is -0.475. The fourth-order valence-electron chi connectivity index (χ4n) is 0.573. The van der Waals surface area contributed by atoms with Gasteiger partial charge in [0.1, 0.15) is 0 Å². The first kappa shape index (κ1) is 10.4. The van der Waals surface area contributed by atoms with Gasteiger partial charge in [-0.05, 0) is 20.3 Å². The fraction of sp³-hybridized carbons (Fsp3) is 0.857. The highest BCUT2D eigenvalue weighted by atomic mass is 16.5. The third kappa shape index (κ3) is 5.82. The van der Waals surface area contributed by atoms with Crippen molar-refractivity contribution < 1.29 is 9.53 Å². The second-order valence-electron chi connectivity index (χ2n) is 2.72. The van der Waals surface area contributed by atoms with Gasteiger partial charge in [0.05, 0.1) is 12.1 Å². The lowest BCUT2D eigenvalue weighted by molar-refractivity contribution is -0.119. The van der Waals surface area contributed by atoms with Gasteiger partial charge in [-0.1, -0.05) is 0 Å². The van der Waals surface area contributed by atoms with Gasteiger partial charge >= 0.3 is 0 Å². The molecule has 4 heteroatoms. The van der Waals surface area contributed by atoms with Gasteiger partial charge in [-0.2, -0.15) is 0 Å². The van der Waals surface area contributed by atoms with Crippen molar-refractivity contribution in [3.05, 3.63) is 0 Å². The minimum Gasteiger partial charge on any atom is -0.379 e. The molecular weight excluding hydrogens is 144 g/mol. The summed E-state index contributed by atoms with van der Waals surface area (Å²) in [7, 11) is 0. The molecule has 0 bridgehead atoms. The zero-order valence-electron chi connectivity index (χ0n) is 7.04. The minimum absolute atomic E-state index is 0.176. The third-order valence-electron chi connectivity index (χ3n) is 1.25. The maximum absolute atomic E-state index is 10.4. The van der Waals surface area contributed by atoms with Crippen molar-refractivity contribution in [1.29, 1.82) is 0 Å². The lowest BCUT2D eigenvalue weighted by Gasteiger charge is -2.09. The van der Waals surface area contributed by atoms with E-state index in [4.69, 9.17) is 16.2 Å². The molecule has 0 saturated carbocycles. The van der Waals surface area contributed by atoms with Gasteiger partial charge in [0.15, 0.2) is 0 Å². The van der Waals surface area contributed by atoms with Crippen LogP contribution in [0.1, 0.15) is 20.3 Å². The Labute approximate surface area is 66.9 Å². The van der Waals surface area contributed by atoms with E-state index in [2.05, 4.69) is 0 Å². The summed E-state index contributed by atoms with van der Waals surface area (Å²) in [5, 5.41) is 0. The Kier molecular flexibility index (Phi) is 4.81. The smallest absolute Gasteiger partial charge is 0.234 e. The van der Waals surface area contributed by atoms with E-state index in [1.165, 1.54) is 0 Å². The molecule has 0 rings (SSSR count). The van der Waals surface area contributed by atoms with Crippen LogP contribution in [-0.2, 0) is 9.53 Å². The number of hydrogen-bond donors (Lipinski definition) is 2. The number of nitrogens with two attached hydrogens (primary N) is 2. The van der Waals surface area contributed by atoms with Gasteiger partial charge in [0, 0.05) is 6.61 Å². The largest absolute Gasteiger partial charge is 0.379 e. The van der Waals surface area contributed by atoms with Gasteiger partial charge in [0.25, 0.3) is 0 Å². The fourth-order valence-corrected chi connectivity index (χ4v) is 0.573. The Morgan fingerprint density at radius 3 is 2.45 bits per heavy atom. The van der Waals surface area contributed by atoms with Crippen LogP contribution in [0.3, 0.4) is 0 Å². The molecule has 0 aliphatic heterocycles. The second kappa shape index (κ2) is 5.09. The highest BCUT2D eigenvalue weighted by molar-refractivity contribution is 5.79. The first-order valence-electron chi connectivity index (χ1n) is 3.70. The topological polar surface area (TPSA) is 78.3 Å². The number of ether oxygens (including phenoxy) is 1. The van der Waals surface area contributed by atoms with Crippen LogP contribution in [-0.4, -0.2) is 24.7 Å². The van der Waals surface area contributed by atoms with E-state index in [0.717, 1.165) is 0 Å². The first-order valence-corrected chi connectivity index (χ1v) is 3.70. The molecule has 1 unspecified atom stereocenters. The van der Waals surface area contributed by atoms with Crippen molar-refractivity contribution in [3.63, 3.8) is 0 Å². The van der Waals surface area contributed by atoms with E-state index < -0.39 is 11.9 Å². The Balaban J connectivity index is 3.31. The quantitative estimate of drug-likeness (QED) is 0.575. The summed E-state index contributed by atoms with van der Waals surface area (Å²) in [6.45, 7) is 4.34. The van der Waals surface area contributed by atoms with Crippen molar-refractivity contribution in [1.82, 2.24) is 0 Å². The number of carbonyl (C=O) groups is 1. The lowest BCUT2D eigenvalue weighted by atomic mass is 10.2. The molecule has 4 nitrogen and oxygen atoms in total. The van der Waals surface area contributed by atoms with Gasteiger partial charge in [-0.15, -0.1) is 0 Å². The SMILES string of the molecule is CC(C)OCCC(N)C(N)=O. The summed E-state index contributed by atoms with van der Waals surface area (Å²) in [6, 6.07) is -0.575. The van der Waals surface area contributed by atoms with E-state index in [-0.39, 0.29) is 6.10 Å². The predicted molar refractivity (Wildman–Crippen MR) is 42.9 cm³/mol. The maximum Gasteiger partial charge on any atom is 0.234 e. The van der Waals surface area contributed by atoms with Crippen LogP contribution in [0.25, 0.3) is 0 Å². The van der Waals surface area contributed by atoms with Gasteiger partial charge in [0.2, 0.25) is 5.91 Å². The van der Waals surface area contributed by atoms with E-state index in [1.54, 1.807) is 0 Å². The minimum atomic E-state index is -0.575. The maximum atomic E-state index is 10.4. The van der Waals surface area contributed by atoms with Crippen LogP contribution in [0.5, 0.6) is 0 Å². The molecule has 0 aromatic rings. The molecule has 1 atom stereocenters. The number of primary amides is 1. The van der Waals surface area contributed by atoms with Crippen molar-refractivity contribution in [3.8, 4) is 0 Å². The highest BCUT2D eigenvalue weighted by Gasteiger charge is 2.08. The first-order chi connectivity index (χ1) is 5.04. The monoisotopic (exact) mass is 160 g/mol. The Bertz CT molecular complexity index is 126. The van der Waals surface area contributed by atoms with Crippen LogP contribution in [0.15, 0.2) is 0 Å². The molecule has 0 fully saturated rings. The third-order valence-corrected chi connectivity index (χ3v) is 1.25. The van der Waals surface area contributed by atoms with E-state index in [9.17, 15) is 4.79 Å². The van der Waals surface area contributed by atoms with E-state index in [1.807, 2.05) is 13.8 Å². The van der Waals surface area contributed by atoms with Gasteiger partial charge < -0.3 is 16.2 Å². The molecule has 0 heterocycles. The summed E-state index contributed by atoms with van der Waals surface area (Å²) >= 11 is 0. The Morgan fingerprint density at radius 1 is 1.55 bits per heavy atom. The second-order valence-corrected chi connectivity index (χ2v) is 2.72. The molecular formula is C7H16N2O2. The molecule has 0 aromatic heterocycles. The summed E-state index contributed by atoms with van der Waals surface area (Å²) in [5.41, 5.74) is 10.3. The molecule has 0 aliphatic rings. The number of carbonyl (C=O) groups excluding carboxylic acids is 1. The van der Waals surface area contributed by atoms with Crippen molar-refractivity contribution >= 4 is 5.91 Å². The summed E-state index contributed by atoms with van der Waals surface area (Å²) < 4.78 is 5.17. The molecule has 66 valence electrons. The van der Waals surface area contributed by atoms with Crippen LogP contribution in [0.2, 0.25) is 0 Å². The number of hydrogen-bond acceptors (Lipinski definition) is 3. The normalized spacial score (nSPS) is 13.5. The number of rotatable bonds is 5. The van der Waals surface area contributed by atoms with Crippen LogP contribution in [0.4, 0.5) is 0 Å². The molecule has 0 aliphatic carbocycles. The molecule has 0 aromatic carbocycles. The Hall–Kier alpha value is -0.610. The average molecular weight is 160 g/mol. The Morgan fingerprint density at radius 2 is 2.09 bits per heavy atom. The zero-order chi connectivity index (χ0) is 8.85. The van der Waals surface area contributed by atoms with Gasteiger partial charge in [-0.3, -0.25) is 4.79 Å². The van der Waals surface area contributed by atoms with Crippen molar-refractivity contribution in [2.45, 2.75) is 32.4 Å². The number of amides is 1. The van der Waals surface area contributed by atoms with E-state index >= 15 is 0 Å². The summed E-state index contributed by atoms with van der Waals surface area (Å²) in [4.78, 5) is 10.4. The van der Waals surface area contributed by atoms with Gasteiger partial charge in [-0.25, -0.2) is 0 Å². The van der Waals surface area contributed by atoms with Crippen LogP contribution in [0, 0.1) is 0 Å². The van der Waals surface area contributed by atoms with E-state index in [0.29, 0.717) is 13.0 Å². The molecule has 1 amide bonds. The van der Waals surface area contributed by atoms with Crippen LogP contribution < -0.4 is 11.5 Å². The predicted octanol–water partition coefficient (Wildman–Crippen LogP) is -0.386. The van der Waals surface area contributed by atoms with Crippen molar-refractivity contribution in [2.75, 3.05) is 6.61 Å². The summed E-state index contributed by atoms with van der Waals surface area (Å²) in [6.07, 6.45) is 0.670. The molecule has 0 spiro atoms.